The van der Waals surface area contributed by atoms with Crippen molar-refractivity contribution in [3.8, 4) is 0 Å². The number of hydrogen-bond donors (Lipinski definition) is 2. The fourth-order valence-electron chi connectivity index (χ4n) is 1.25. The molecular weight excluding hydrogens is 216 g/mol. The number of imidazole rings is 1. The van der Waals surface area contributed by atoms with Crippen LogP contribution < -0.4 is 0 Å². The lowest BCUT2D eigenvalue weighted by atomic mass is 10.1. The summed E-state index contributed by atoms with van der Waals surface area (Å²) in [6.45, 7) is 0. The molecule has 4 heteroatoms. The normalized spacial score (nSPS) is 10.4. The highest BCUT2D eigenvalue weighted by atomic mass is 35.5. The largest absolute Gasteiger partial charge is 0.340 e. The van der Waals surface area contributed by atoms with Gasteiger partial charge < -0.3 is 4.98 Å². The van der Waals surface area contributed by atoms with Gasteiger partial charge in [-0.25, -0.2) is 4.98 Å². The number of thiol groups is 1. The lowest BCUT2D eigenvalue weighted by molar-refractivity contribution is 1.02. The molecule has 14 heavy (non-hydrogen) atoms. The molecule has 1 heterocycles. The van der Waals surface area contributed by atoms with Crippen LogP contribution in [0.15, 0.2) is 35.6 Å². The monoisotopic (exact) mass is 224 g/mol. The molecule has 1 aromatic carbocycles. The van der Waals surface area contributed by atoms with E-state index in [1.807, 2.05) is 30.5 Å². The summed E-state index contributed by atoms with van der Waals surface area (Å²) in [6, 6.07) is 7.75. The minimum absolute atomic E-state index is 0.647. The van der Waals surface area contributed by atoms with Gasteiger partial charge in [0.2, 0.25) is 0 Å². The summed E-state index contributed by atoms with van der Waals surface area (Å²) in [5, 5.41) is 1.40. The van der Waals surface area contributed by atoms with Crippen LogP contribution in [0.4, 0.5) is 0 Å². The number of hydrogen-bond acceptors (Lipinski definition) is 2. The lowest BCUT2D eigenvalue weighted by Crippen LogP contribution is -1.87. The maximum atomic E-state index is 5.78. The number of benzene rings is 1. The van der Waals surface area contributed by atoms with Gasteiger partial charge in [0, 0.05) is 17.6 Å². The first-order chi connectivity index (χ1) is 6.74. The van der Waals surface area contributed by atoms with Gasteiger partial charge in [-0.2, -0.15) is 0 Å². The highest BCUT2D eigenvalue weighted by Crippen LogP contribution is 2.13. The van der Waals surface area contributed by atoms with E-state index in [0.29, 0.717) is 5.16 Å². The Morgan fingerprint density at radius 3 is 2.57 bits per heavy atom. The van der Waals surface area contributed by atoms with Gasteiger partial charge in [-0.05, 0) is 17.7 Å². The second-order valence-corrected chi connectivity index (χ2v) is 3.88. The van der Waals surface area contributed by atoms with Crippen LogP contribution in [0, 0.1) is 0 Å². The predicted molar refractivity (Wildman–Crippen MR) is 60.1 cm³/mol. The summed E-state index contributed by atoms with van der Waals surface area (Å²) in [6.07, 6.45) is 2.66. The van der Waals surface area contributed by atoms with Crippen molar-refractivity contribution in [3.05, 3.63) is 46.7 Å². The van der Waals surface area contributed by atoms with Crippen LogP contribution in [0.25, 0.3) is 0 Å². The molecule has 0 radical (unpaired) electrons. The molecular formula is C10H9ClN2S. The van der Waals surface area contributed by atoms with Crippen LogP contribution in [0.5, 0.6) is 0 Å². The third-order valence-electron chi connectivity index (χ3n) is 1.92. The number of nitrogens with one attached hydrogen (secondary N) is 1. The summed E-state index contributed by atoms with van der Waals surface area (Å²) in [5.74, 6) is 0. The molecule has 2 rings (SSSR count). The third-order valence-corrected chi connectivity index (χ3v) is 2.40. The predicted octanol–water partition coefficient (Wildman–Crippen LogP) is 2.94. The van der Waals surface area contributed by atoms with Gasteiger partial charge in [0.05, 0.1) is 5.69 Å². The van der Waals surface area contributed by atoms with Crippen molar-refractivity contribution in [2.45, 2.75) is 11.6 Å². The van der Waals surface area contributed by atoms with Crippen molar-refractivity contribution in [1.29, 1.82) is 0 Å². The molecule has 0 unspecified atom stereocenters. The summed E-state index contributed by atoms with van der Waals surface area (Å²) in [4.78, 5) is 7.13. The number of nitrogens with zero attached hydrogens (tertiary/aromatic N) is 1. The average molecular weight is 225 g/mol. The summed E-state index contributed by atoms with van der Waals surface area (Å²) >= 11 is 9.88. The van der Waals surface area contributed by atoms with E-state index in [1.165, 1.54) is 5.56 Å². The minimum Gasteiger partial charge on any atom is -0.340 e. The Morgan fingerprint density at radius 2 is 2.00 bits per heavy atom. The van der Waals surface area contributed by atoms with E-state index in [4.69, 9.17) is 11.6 Å². The van der Waals surface area contributed by atoms with Crippen molar-refractivity contribution < 1.29 is 0 Å². The summed E-state index contributed by atoms with van der Waals surface area (Å²) in [5.41, 5.74) is 2.17. The molecule has 2 aromatic rings. The van der Waals surface area contributed by atoms with Gasteiger partial charge in [0.25, 0.3) is 0 Å². The molecule has 2 nitrogen and oxygen atoms in total. The van der Waals surface area contributed by atoms with E-state index in [0.717, 1.165) is 17.1 Å². The van der Waals surface area contributed by atoms with Crippen molar-refractivity contribution in [1.82, 2.24) is 9.97 Å². The van der Waals surface area contributed by atoms with Crippen molar-refractivity contribution in [2.24, 2.45) is 0 Å². The number of H-pyrrole nitrogens is 1. The number of rotatable bonds is 2. The van der Waals surface area contributed by atoms with E-state index in [9.17, 15) is 0 Å². The van der Waals surface area contributed by atoms with E-state index in [-0.39, 0.29) is 0 Å². The molecule has 1 N–H and O–H groups in total. The fourth-order valence-corrected chi connectivity index (χ4v) is 1.57. The van der Waals surface area contributed by atoms with Gasteiger partial charge in [-0.3, -0.25) is 0 Å². The molecule has 0 spiro atoms. The summed E-state index contributed by atoms with van der Waals surface area (Å²) < 4.78 is 0. The van der Waals surface area contributed by atoms with Crippen molar-refractivity contribution in [2.75, 3.05) is 0 Å². The maximum Gasteiger partial charge on any atom is 0.162 e. The van der Waals surface area contributed by atoms with Crippen molar-refractivity contribution >= 4 is 24.2 Å². The lowest BCUT2D eigenvalue weighted by Gasteiger charge is -1.97. The average Bonchev–Trinajstić information content (AvgIpc) is 2.56. The van der Waals surface area contributed by atoms with E-state index >= 15 is 0 Å². The zero-order valence-corrected chi connectivity index (χ0v) is 9.02. The van der Waals surface area contributed by atoms with E-state index in [2.05, 4.69) is 22.6 Å². The van der Waals surface area contributed by atoms with Gasteiger partial charge in [-0.1, -0.05) is 23.7 Å². The molecule has 1 aromatic heterocycles. The van der Waals surface area contributed by atoms with E-state index in [1.54, 1.807) is 0 Å². The Bertz CT molecular complexity index is 422. The SMILES string of the molecule is Sc1nc(Cc2ccc(Cl)cc2)c[nH]1. The fraction of sp³-hybridized carbons (Fsp3) is 0.100. The zero-order valence-electron chi connectivity index (χ0n) is 7.37. The molecule has 72 valence electrons. The first kappa shape index (κ1) is 9.62. The van der Waals surface area contributed by atoms with Crippen molar-refractivity contribution in [3.63, 3.8) is 0 Å². The number of halogens is 1. The Hall–Kier alpha value is -0.930. The van der Waals surface area contributed by atoms with Gasteiger partial charge in [-0.15, -0.1) is 12.6 Å². The smallest absolute Gasteiger partial charge is 0.162 e. The van der Waals surface area contributed by atoms with Gasteiger partial charge in [0.1, 0.15) is 0 Å². The van der Waals surface area contributed by atoms with Crippen LogP contribution in [0.2, 0.25) is 5.02 Å². The standard InChI is InChI=1S/C10H9ClN2S/c11-8-3-1-7(2-4-8)5-9-6-12-10(14)13-9/h1-4,6H,5H2,(H2,12,13,14). The first-order valence-corrected chi connectivity index (χ1v) is 5.04. The number of aromatic amines is 1. The second kappa shape index (κ2) is 4.07. The summed E-state index contributed by atoms with van der Waals surface area (Å²) in [7, 11) is 0. The maximum absolute atomic E-state index is 5.78. The van der Waals surface area contributed by atoms with Crippen LogP contribution in [0.1, 0.15) is 11.3 Å². The van der Waals surface area contributed by atoms with Crippen LogP contribution in [-0.2, 0) is 6.42 Å². The Labute approximate surface area is 92.7 Å². The highest BCUT2D eigenvalue weighted by Gasteiger charge is 1.99. The molecule has 0 aliphatic rings. The quantitative estimate of drug-likeness (QED) is 0.755. The first-order valence-electron chi connectivity index (χ1n) is 4.22. The molecule has 0 bridgehead atoms. The molecule has 0 amide bonds. The van der Waals surface area contributed by atoms with Crippen LogP contribution >= 0.6 is 24.2 Å². The Balaban J connectivity index is 2.15. The zero-order chi connectivity index (χ0) is 9.97. The molecule has 0 aliphatic heterocycles. The molecule has 0 aliphatic carbocycles. The van der Waals surface area contributed by atoms with Gasteiger partial charge >= 0.3 is 0 Å². The van der Waals surface area contributed by atoms with E-state index < -0.39 is 0 Å². The molecule has 0 fully saturated rings. The molecule has 0 atom stereocenters. The Morgan fingerprint density at radius 1 is 1.29 bits per heavy atom. The Kier molecular flexibility index (Phi) is 2.79. The second-order valence-electron chi connectivity index (χ2n) is 3.02. The highest BCUT2D eigenvalue weighted by molar-refractivity contribution is 7.80. The molecule has 0 saturated carbocycles. The van der Waals surface area contributed by atoms with Gasteiger partial charge in [0.15, 0.2) is 5.16 Å². The third kappa shape index (κ3) is 2.30. The van der Waals surface area contributed by atoms with Crippen LogP contribution in [-0.4, -0.2) is 9.97 Å². The molecule has 0 saturated heterocycles. The topological polar surface area (TPSA) is 28.7 Å². The minimum atomic E-state index is 0.647. The number of aromatic nitrogens is 2. The van der Waals surface area contributed by atoms with Crippen LogP contribution in [0.3, 0.4) is 0 Å².